The fourth-order valence-electron chi connectivity index (χ4n) is 1.75. The van der Waals surface area contributed by atoms with E-state index in [0.717, 1.165) is 11.8 Å². The van der Waals surface area contributed by atoms with Gasteiger partial charge in [0, 0.05) is 30.3 Å². The van der Waals surface area contributed by atoms with E-state index in [0.29, 0.717) is 24.4 Å². The van der Waals surface area contributed by atoms with Gasteiger partial charge in [-0.05, 0) is 30.2 Å². The molecule has 0 aliphatic rings. The van der Waals surface area contributed by atoms with Crippen molar-refractivity contribution in [1.29, 1.82) is 0 Å². The van der Waals surface area contributed by atoms with Crippen LogP contribution in [-0.4, -0.2) is 37.3 Å². The van der Waals surface area contributed by atoms with Crippen LogP contribution in [0, 0.1) is 0 Å². The van der Waals surface area contributed by atoms with Gasteiger partial charge in [-0.25, -0.2) is 8.42 Å². The summed E-state index contributed by atoms with van der Waals surface area (Å²) in [7, 11) is -3.49. The Morgan fingerprint density at radius 1 is 1.29 bits per heavy atom. The zero-order valence-corrected chi connectivity index (χ0v) is 14.5. The minimum atomic E-state index is -3.49. The lowest BCUT2D eigenvalue weighted by Crippen LogP contribution is -2.22. The van der Waals surface area contributed by atoms with Crippen molar-refractivity contribution in [2.45, 2.75) is 18.1 Å². The first-order valence-corrected chi connectivity index (χ1v) is 9.35. The molecule has 0 fully saturated rings. The number of carbonyl (C=O) groups is 1. The topological polar surface area (TPSA) is 102 Å². The third kappa shape index (κ3) is 5.78. The quantitative estimate of drug-likeness (QED) is 0.590. The Hall–Kier alpha value is -2.19. The molecule has 0 bridgehead atoms. The molecular formula is C15H16ClN3O4S. The zero-order chi connectivity index (χ0) is 17.6. The number of rotatable bonds is 7. The number of nitrogens with zero attached hydrogens (tertiary/aromatic N) is 2. The van der Waals surface area contributed by atoms with Gasteiger partial charge in [-0.1, -0.05) is 28.8 Å². The van der Waals surface area contributed by atoms with E-state index in [9.17, 15) is 13.2 Å². The van der Waals surface area contributed by atoms with Gasteiger partial charge in [0.2, 0.25) is 21.6 Å². The maximum absolute atomic E-state index is 11.7. The second-order valence-corrected chi connectivity index (χ2v) is 7.34. The first kappa shape index (κ1) is 18.2. The van der Waals surface area contributed by atoms with Crippen molar-refractivity contribution in [3.8, 4) is 0 Å². The number of amides is 1. The maximum Gasteiger partial charge on any atom is 0.335 e. The Labute approximate surface area is 144 Å². The molecule has 1 N–H and O–H groups in total. The highest BCUT2D eigenvalue weighted by atomic mass is 35.5. The Morgan fingerprint density at radius 3 is 2.62 bits per heavy atom. The van der Waals surface area contributed by atoms with Crippen molar-refractivity contribution in [3.05, 3.63) is 46.8 Å². The van der Waals surface area contributed by atoms with E-state index < -0.39 is 15.1 Å². The van der Waals surface area contributed by atoms with Crippen LogP contribution in [0.5, 0.6) is 0 Å². The molecule has 1 heterocycles. The summed E-state index contributed by atoms with van der Waals surface area (Å²) >= 11 is 5.78. The van der Waals surface area contributed by atoms with E-state index in [4.69, 9.17) is 16.0 Å². The minimum Gasteiger partial charge on any atom is -0.413 e. The van der Waals surface area contributed by atoms with Crippen molar-refractivity contribution in [2.24, 2.45) is 0 Å². The van der Waals surface area contributed by atoms with Crippen molar-refractivity contribution in [3.63, 3.8) is 0 Å². The summed E-state index contributed by atoms with van der Waals surface area (Å²) in [5, 5.41) is 10.1. The van der Waals surface area contributed by atoms with Gasteiger partial charge >= 0.3 is 5.22 Å². The van der Waals surface area contributed by atoms with Gasteiger partial charge in [-0.15, -0.1) is 5.10 Å². The van der Waals surface area contributed by atoms with Crippen LogP contribution >= 0.6 is 11.6 Å². The third-order valence-corrected chi connectivity index (χ3v) is 3.98. The van der Waals surface area contributed by atoms with Gasteiger partial charge in [0.15, 0.2) is 0 Å². The van der Waals surface area contributed by atoms with Crippen LogP contribution in [0.2, 0.25) is 5.02 Å². The molecule has 2 aromatic rings. The Morgan fingerprint density at radius 2 is 2.00 bits per heavy atom. The number of aryl methyl sites for hydroxylation is 1. The standard InChI is InChI=1S/C15H16ClN3O4S/c1-24(21,22)15-19-18-14(23-15)3-2-10-17-13(20)9-6-11-4-7-12(16)8-5-11/h4-9H,2-3,10H2,1H3,(H,17,20)/b9-6+. The maximum atomic E-state index is 11.7. The lowest BCUT2D eigenvalue weighted by Gasteiger charge is -2.00. The molecule has 0 aliphatic heterocycles. The number of sulfone groups is 1. The van der Waals surface area contributed by atoms with Crippen molar-refractivity contribution < 1.29 is 17.6 Å². The molecule has 0 spiro atoms. The van der Waals surface area contributed by atoms with E-state index in [1.165, 1.54) is 6.08 Å². The Bertz CT molecular complexity index is 829. The first-order chi connectivity index (χ1) is 11.3. The fourth-order valence-corrected chi connectivity index (χ4v) is 2.31. The highest BCUT2D eigenvalue weighted by Crippen LogP contribution is 2.10. The molecule has 1 aromatic heterocycles. The molecule has 0 aliphatic carbocycles. The summed E-state index contributed by atoms with van der Waals surface area (Å²) < 4.78 is 27.4. The zero-order valence-electron chi connectivity index (χ0n) is 12.9. The van der Waals surface area contributed by atoms with Crippen LogP contribution in [0.15, 0.2) is 40.0 Å². The molecule has 2 rings (SSSR count). The summed E-state index contributed by atoms with van der Waals surface area (Å²) in [5.74, 6) is -0.00585. The average molecular weight is 370 g/mol. The number of benzene rings is 1. The number of hydrogen-bond acceptors (Lipinski definition) is 6. The van der Waals surface area contributed by atoms with Gasteiger partial charge in [0.05, 0.1) is 0 Å². The van der Waals surface area contributed by atoms with Crippen LogP contribution < -0.4 is 5.32 Å². The summed E-state index contributed by atoms with van der Waals surface area (Å²) in [6, 6.07) is 7.10. The monoisotopic (exact) mass is 369 g/mol. The molecule has 1 amide bonds. The second-order valence-electron chi connectivity index (χ2n) is 5.01. The number of aromatic nitrogens is 2. The van der Waals surface area contributed by atoms with Gasteiger partial charge in [-0.2, -0.15) is 0 Å². The Balaban J connectivity index is 1.73. The van der Waals surface area contributed by atoms with Crippen molar-refractivity contribution in [1.82, 2.24) is 15.5 Å². The molecule has 128 valence electrons. The molecule has 9 heteroatoms. The average Bonchev–Trinajstić information content (AvgIpc) is 3.00. The van der Waals surface area contributed by atoms with Crippen LogP contribution in [0.1, 0.15) is 17.9 Å². The lowest BCUT2D eigenvalue weighted by atomic mass is 10.2. The third-order valence-electron chi connectivity index (χ3n) is 2.93. The van der Waals surface area contributed by atoms with Gasteiger partial charge < -0.3 is 9.73 Å². The summed E-state index contributed by atoms with van der Waals surface area (Å²) in [6.45, 7) is 0.403. The molecule has 0 saturated carbocycles. The number of carbonyl (C=O) groups excluding carboxylic acids is 1. The molecule has 0 radical (unpaired) electrons. The number of nitrogens with one attached hydrogen (secondary N) is 1. The highest BCUT2D eigenvalue weighted by Gasteiger charge is 2.16. The Kier molecular flexibility index (Phi) is 6.10. The summed E-state index contributed by atoms with van der Waals surface area (Å²) in [4.78, 5) is 11.7. The van der Waals surface area contributed by atoms with Gasteiger partial charge in [0.1, 0.15) is 0 Å². The van der Waals surface area contributed by atoms with E-state index in [-0.39, 0.29) is 11.8 Å². The van der Waals surface area contributed by atoms with E-state index in [1.54, 1.807) is 30.3 Å². The molecule has 0 atom stereocenters. The predicted octanol–water partition coefficient (Wildman–Crippen LogP) is 1.89. The molecule has 1 aromatic carbocycles. The molecule has 7 nitrogen and oxygen atoms in total. The van der Waals surface area contributed by atoms with E-state index in [2.05, 4.69) is 15.5 Å². The van der Waals surface area contributed by atoms with E-state index in [1.807, 2.05) is 0 Å². The summed E-state index contributed by atoms with van der Waals surface area (Å²) in [6.07, 6.45) is 5.03. The molecular weight excluding hydrogens is 354 g/mol. The van der Waals surface area contributed by atoms with Crippen molar-refractivity contribution in [2.75, 3.05) is 12.8 Å². The summed E-state index contributed by atoms with van der Waals surface area (Å²) in [5.41, 5.74) is 0.869. The van der Waals surface area contributed by atoms with E-state index >= 15 is 0 Å². The minimum absolute atomic E-state index is 0.224. The van der Waals surface area contributed by atoms with Crippen molar-refractivity contribution >= 4 is 33.4 Å². The second kappa shape index (κ2) is 8.07. The highest BCUT2D eigenvalue weighted by molar-refractivity contribution is 7.90. The normalized spacial score (nSPS) is 11.8. The van der Waals surface area contributed by atoms with Crippen LogP contribution in [0.3, 0.4) is 0 Å². The van der Waals surface area contributed by atoms with Crippen LogP contribution in [-0.2, 0) is 21.1 Å². The predicted molar refractivity (Wildman–Crippen MR) is 89.2 cm³/mol. The smallest absolute Gasteiger partial charge is 0.335 e. The van der Waals surface area contributed by atoms with Gasteiger partial charge in [0.25, 0.3) is 0 Å². The number of halogens is 1. The number of hydrogen-bond donors (Lipinski definition) is 1. The van der Waals surface area contributed by atoms with Crippen LogP contribution in [0.4, 0.5) is 0 Å². The SMILES string of the molecule is CS(=O)(=O)c1nnc(CCCNC(=O)/C=C/c2ccc(Cl)cc2)o1. The fraction of sp³-hybridized carbons (Fsp3) is 0.267. The van der Waals surface area contributed by atoms with Gasteiger partial charge in [-0.3, -0.25) is 4.79 Å². The first-order valence-electron chi connectivity index (χ1n) is 7.08. The molecule has 0 unspecified atom stereocenters. The van der Waals surface area contributed by atoms with Crippen LogP contribution in [0.25, 0.3) is 6.08 Å². The lowest BCUT2D eigenvalue weighted by molar-refractivity contribution is -0.116. The largest absolute Gasteiger partial charge is 0.413 e. The molecule has 0 saturated heterocycles. The molecule has 24 heavy (non-hydrogen) atoms.